The van der Waals surface area contributed by atoms with E-state index in [0.29, 0.717) is 13.0 Å². The summed E-state index contributed by atoms with van der Waals surface area (Å²) < 4.78 is 0. The first-order valence-electron chi connectivity index (χ1n) is 11.2. The average molecular weight is 464 g/mol. The van der Waals surface area contributed by atoms with E-state index >= 15 is 0 Å². The normalized spacial score (nSPS) is 25.2. The van der Waals surface area contributed by atoms with Crippen LogP contribution in [0.1, 0.15) is 60.5 Å². The molecule has 7 nitrogen and oxygen atoms in total. The molecular formula is C25H29N5O2S. The van der Waals surface area contributed by atoms with Crippen LogP contribution in [0.3, 0.4) is 0 Å². The molecule has 1 aliphatic carbocycles. The second kappa shape index (κ2) is 12.2. The fourth-order valence-corrected chi connectivity index (χ4v) is 4.49. The lowest BCUT2D eigenvalue weighted by Crippen LogP contribution is -2.34. The number of hydrogen-bond donors (Lipinski definition) is 2. The van der Waals surface area contributed by atoms with Crippen LogP contribution in [0.5, 0.6) is 0 Å². The molecule has 0 radical (unpaired) electrons. The molecule has 2 amide bonds. The first-order valence-corrected chi connectivity index (χ1v) is 12.0. The number of thioether (sulfide) groups is 1. The highest BCUT2D eigenvalue weighted by molar-refractivity contribution is 8.05. The van der Waals surface area contributed by atoms with E-state index in [1.54, 1.807) is 11.8 Å². The van der Waals surface area contributed by atoms with Crippen molar-refractivity contribution in [2.45, 2.75) is 45.6 Å². The highest BCUT2D eigenvalue weighted by Crippen LogP contribution is 2.27. The van der Waals surface area contributed by atoms with Gasteiger partial charge in [-0.25, -0.2) is 9.97 Å². The molecule has 1 aromatic heterocycles. The van der Waals surface area contributed by atoms with Crippen LogP contribution in [0.4, 0.5) is 0 Å². The van der Waals surface area contributed by atoms with Crippen LogP contribution >= 0.6 is 11.8 Å². The molecule has 1 aliphatic heterocycles. The van der Waals surface area contributed by atoms with Gasteiger partial charge in [-0.3, -0.25) is 9.59 Å². The molecule has 2 heterocycles. The first kappa shape index (κ1) is 24.5. The molecule has 0 saturated carbocycles. The number of allylic oxidation sites excluding steroid dienone is 4. The maximum Gasteiger partial charge on any atom is 0.270 e. The highest BCUT2D eigenvalue weighted by atomic mass is 32.2. The van der Waals surface area contributed by atoms with Crippen LogP contribution < -0.4 is 10.6 Å². The number of aromatic nitrogens is 2. The Morgan fingerprint density at radius 1 is 1.21 bits per heavy atom. The van der Waals surface area contributed by atoms with Crippen molar-refractivity contribution in [2.24, 2.45) is 11.8 Å². The summed E-state index contributed by atoms with van der Waals surface area (Å²) in [6, 6.07) is 3.52. The number of nitrogens with zero attached hydrogens (tertiary/aromatic N) is 3. The van der Waals surface area contributed by atoms with E-state index < -0.39 is 0 Å². The molecule has 1 aromatic rings. The van der Waals surface area contributed by atoms with Crippen LogP contribution in [0.2, 0.25) is 0 Å². The van der Waals surface area contributed by atoms with E-state index in [1.165, 1.54) is 17.3 Å². The van der Waals surface area contributed by atoms with Crippen LogP contribution in [-0.2, 0) is 0 Å². The van der Waals surface area contributed by atoms with Crippen molar-refractivity contribution in [1.29, 1.82) is 5.26 Å². The molecule has 8 heteroatoms. The van der Waals surface area contributed by atoms with E-state index in [-0.39, 0.29) is 41.1 Å². The van der Waals surface area contributed by atoms with Gasteiger partial charge in [-0.2, -0.15) is 5.26 Å². The van der Waals surface area contributed by atoms with Crippen molar-refractivity contribution in [3.63, 3.8) is 0 Å². The van der Waals surface area contributed by atoms with Crippen LogP contribution in [0.25, 0.3) is 0 Å². The summed E-state index contributed by atoms with van der Waals surface area (Å²) in [4.78, 5) is 34.8. The smallest absolute Gasteiger partial charge is 0.270 e. The second-order valence-electron chi connectivity index (χ2n) is 8.13. The predicted molar refractivity (Wildman–Crippen MR) is 130 cm³/mol. The fourth-order valence-electron chi connectivity index (χ4n) is 3.61. The van der Waals surface area contributed by atoms with Crippen LogP contribution in [-0.4, -0.2) is 34.4 Å². The lowest BCUT2D eigenvalue weighted by molar-refractivity contribution is 0.0937. The van der Waals surface area contributed by atoms with Gasteiger partial charge in [0.2, 0.25) is 0 Å². The summed E-state index contributed by atoms with van der Waals surface area (Å²) in [6.45, 7) is 4.58. The van der Waals surface area contributed by atoms with Crippen molar-refractivity contribution in [3.8, 4) is 6.07 Å². The Bertz CT molecular complexity index is 1040. The molecule has 0 fully saturated rings. The van der Waals surface area contributed by atoms with Crippen molar-refractivity contribution in [3.05, 3.63) is 70.0 Å². The van der Waals surface area contributed by atoms with E-state index in [1.807, 2.05) is 30.6 Å². The third kappa shape index (κ3) is 7.43. The number of hydrogen-bond acceptors (Lipinski definition) is 6. The Kier molecular flexibility index (Phi) is 9.02. The minimum atomic E-state index is -0.360. The number of amides is 2. The van der Waals surface area contributed by atoms with Gasteiger partial charge in [-0.05, 0) is 42.9 Å². The number of carbonyl (C=O) groups is 2. The first-order chi connectivity index (χ1) is 16.0. The quantitative estimate of drug-likeness (QED) is 0.609. The van der Waals surface area contributed by atoms with Gasteiger partial charge in [0.25, 0.3) is 11.8 Å². The van der Waals surface area contributed by atoms with Gasteiger partial charge < -0.3 is 10.6 Å². The maximum absolute atomic E-state index is 12.8. The van der Waals surface area contributed by atoms with Crippen molar-refractivity contribution >= 4 is 23.6 Å². The summed E-state index contributed by atoms with van der Waals surface area (Å²) in [7, 11) is 0. The minimum Gasteiger partial charge on any atom is -0.350 e. The van der Waals surface area contributed by atoms with Gasteiger partial charge >= 0.3 is 0 Å². The minimum absolute atomic E-state index is 0.142. The molecule has 3 unspecified atom stereocenters. The van der Waals surface area contributed by atoms with Gasteiger partial charge in [0.15, 0.2) is 0 Å². The largest absolute Gasteiger partial charge is 0.350 e. The third-order valence-corrected chi connectivity index (χ3v) is 6.52. The Morgan fingerprint density at radius 3 is 2.76 bits per heavy atom. The van der Waals surface area contributed by atoms with E-state index in [9.17, 15) is 14.9 Å². The molecule has 2 N–H and O–H groups in total. The number of carbonyl (C=O) groups excluding carboxylic acids is 2. The van der Waals surface area contributed by atoms with Crippen molar-refractivity contribution in [1.82, 2.24) is 20.6 Å². The van der Waals surface area contributed by atoms with E-state index in [4.69, 9.17) is 0 Å². The summed E-state index contributed by atoms with van der Waals surface area (Å²) in [5.41, 5.74) is 1.44. The molecule has 0 bridgehead atoms. The highest BCUT2D eigenvalue weighted by Gasteiger charge is 2.18. The van der Waals surface area contributed by atoms with E-state index in [2.05, 4.69) is 45.7 Å². The lowest BCUT2D eigenvalue weighted by Gasteiger charge is -2.16. The Balaban J connectivity index is 1.60. The van der Waals surface area contributed by atoms with Crippen LogP contribution in [0.15, 0.2) is 58.7 Å². The summed E-state index contributed by atoms with van der Waals surface area (Å²) in [6.07, 6.45) is 14.4. The molecule has 33 heavy (non-hydrogen) atoms. The van der Waals surface area contributed by atoms with Crippen molar-refractivity contribution in [2.75, 3.05) is 6.54 Å². The Morgan fingerprint density at radius 2 is 2.00 bits per heavy atom. The number of nitriles is 1. The zero-order chi connectivity index (χ0) is 23.6. The Hall–Kier alpha value is -3.18. The predicted octanol–water partition coefficient (Wildman–Crippen LogP) is 4.30. The Labute approximate surface area is 199 Å². The average Bonchev–Trinajstić information content (AvgIpc) is 2.93. The molecule has 2 aliphatic rings. The molecular weight excluding hydrogens is 434 g/mol. The van der Waals surface area contributed by atoms with Crippen LogP contribution in [0, 0.1) is 23.2 Å². The molecule has 0 spiro atoms. The van der Waals surface area contributed by atoms with Gasteiger partial charge in [0, 0.05) is 24.6 Å². The fraction of sp³-hybridized carbons (Fsp3) is 0.400. The molecule has 0 saturated heterocycles. The lowest BCUT2D eigenvalue weighted by atomic mass is 10.0. The molecule has 172 valence electrons. The number of rotatable bonds is 6. The van der Waals surface area contributed by atoms with Gasteiger partial charge in [0.1, 0.15) is 17.7 Å². The topological polar surface area (TPSA) is 108 Å². The van der Waals surface area contributed by atoms with Crippen molar-refractivity contribution < 1.29 is 9.59 Å². The SMILES string of the molecule is CCC1=CC(CNC(=O)c2cc(C(=O)NC3/C=C/CC(C#N)/C=C(\C)CC3)ncn2)C=CS1. The van der Waals surface area contributed by atoms with Gasteiger partial charge in [-0.1, -0.05) is 42.9 Å². The molecule has 3 atom stereocenters. The summed E-state index contributed by atoms with van der Waals surface area (Å²) >= 11 is 1.70. The number of nitrogens with one attached hydrogen (secondary N) is 2. The maximum atomic E-state index is 12.8. The van der Waals surface area contributed by atoms with Gasteiger partial charge in [0.05, 0.1) is 12.0 Å². The summed E-state index contributed by atoms with van der Waals surface area (Å²) in [5.74, 6) is -0.703. The second-order valence-corrected chi connectivity index (χ2v) is 9.16. The monoisotopic (exact) mass is 463 g/mol. The summed E-state index contributed by atoms with van der Waals surface area (Å²) in [5, 5.41) is 17.1. The van der Waals surface area contributed by atoms with Gasteiger partial charge in [-0.15, -0.1) is 11.8 Å². The standard InChI is InChI=1S/C25H29N5O2S/c1-3-21-12-19(9-10-33-21)15-27-24(31)22-13-23(29-16-28-22)25(32)30-20-6-4-5-18(14-26)11-17(2)7-8-20/h4,6,9-13,16,18-20H,3,5,7-8,15H2,1-2H3,(H,27,31)(H,30,32)/b6-4+,17-11+. The zero-order valence-electron chi connectivity index (χ0n) is 19.0. The third-order valence-electron chi connectivity index (χ3n) is 5.50. The molecule has 0 aromatic carbocycles. The zero-order valence-corrected chi connectivity index (χ0v) is 19.8. The van der Waals surface area contributed by atoms with E-state index in [0.717, 1.165) is 24.8 Å². The molecule has 3 rings (SSSR count).